The van der Waals surface area contributed by atoms with Crippen LogP contribution in [0.15, 0.2) is 0 Å². The molecule has 1 aliphatic carbocycles. The second kappa shape index (κ2) is 5.42. The van der Waals surface area contributed by atoms with E-state index in [4.69, 9.17) is 10.5 Å². The Balaban J connectivity index is 1.78. The van der Waals surface area contributed by atoms with Crippen LogP contribution in [0.25, 0.3) is 0 Å². The number of nitrogens with zero attached hydrogens (tertiary/aromatic N) is 2. The fraction of sp³-hybridized carbons (Fsp3) is 1.00. The molecule has 5 nitrogen and oxygen atoms in total. The van der Waals surface area contributed by atoms with Crippen LogP contribution in [0.1, 0.15) is 12.8 Å². The van der Waals surface area contributed by atoms with E-state index in [1.54, 1.807) is 0 Å². The Morgan fingerprint density at radius 2 is 2.25 bits per heavy atom. The molecule has 94 valence electrons. The van der Waals surface area contributed by atoms with Crippen LogP contribution in [0.4, 0.5) is 0 Å². The van der Waals surface area contributed by atoms with Gasteiger partial charge in [-0.1, -0.05) is 0 Å². The lowest BCUT2D eigenvalue weighted by atomic mass is 9.88. The van der Waals surface area contributed by atoms with Crippen molar-refractivity contribution in [1.29, 1.82) is 0 Å². The number of nitrogens with two attached hydrogens (primary N) is 1. The fourth-order valence-corrected chi connectivity index (χ4v) is 2.50. The van der Waals surface area contributed by atoms with Gasteiger partial charge in [-0.05, 0) is 19.9 Å². The van der Waals surface area contributed by atoms with Gasteiger partial charge in [0.15, 0.2) is 0 Å². The summed E-state index contributed by atoms with van der Waals surface area (Å²) in [6.45, 7) is 4.09. The Morgan fingerprint density at radius 1 is 1.50 bits per heavy atom. The third kappa shape index (κ3) is 2.73. The lowest BCUT2D eigenvalue weighted by Crippen LogP contribution is -2.55. The van der Waals surface area contributed by atoms with Gasteiger partial charge in [0, 0.05) is 31.8 Å². The van der Waals surface area contributed by atoms with Gasteiger partial charge in [-0.15, -0.1) is 0 Å². The Labute approximate surface area is 97.1 Å². The quantitative estimate of drug-likeness (QED) is 0.651. The highest BCUT2D eigenvalue weighted by Gasteiger charge is 2.32. The van der Waals surface area contributed by atoms with Crippen LogP contribution in [0.3, 0.4) is 0 Å². The zero-order chi connectivity index (χ0) is 11.5. The summed E-state index contributed by atoms with van der Waals surface area (Å²) in [5.41, 5.74) is 5.73. The molecule has 1 aliphatic heterocycles. The molecule has 0 bridgehead atoms. The second-order valence-corrected chi connectivity index (χ2v) is 4.94. The lowest BCUT2D eigenvalue weighted by Gasteiger charge is -2.43. The van der Waals surface area contributed by atoms with Gasteiger partial charge in [0.05, 0.1) is 19.3 Å². The number of ether oxygens (including phenoxy) is 1. The SMILES string of the molecule is CN(C[C@H]1COCCN1CN)C1CC(O)C1. The van der Waals surface area contributed by atoms with Gasteiger partial charge in [-0.25, -0.2) is 0 Å². The molecule has 0 spiro atoms. The van der Waals surface area contributed by atoms with E-state index >= 15 is 0 Å². The predicted molar refractivity (Wildman–Crippen MR) is 62.0 cm³/mol. The molecular formula is C11H23N3O2. The molecule has 2 rings (SSSR count). The lowest BCUT2D eigenvalue weighted by molar-refractivity contribution is -0.0393. The molecule has 0 aromatic carbocycles. The summed E-state index contributed by atoms with van der Waals surface area (Å²) in [5.74, 6) is 0. The molecule has 0 radical (unpaired) electrons. The summed E-state index contributed by atoms with van der Waals surface area (Å²) in [6, 6.07) is 0.943. The Bertz CT molecular complexity index is 221. The fourth-order valence-electron chi connectivity index (χ4n) is 2.50. The summed E-state index contributed by atoms with van der Waals surface area (Å²) < 4.78 is 5.49. The first-order valence-corrected chi connectivity index (χ1v) is 6.11. The number of hydrogen-bond acceptors (Lipinski definition) is 5. The Morgan fingerprint density at radius 3 is 2.88 bits per heavy atom. The van der Waals surface area contributed by atoms with E-state index in [-0.39, 0.29) is 6.10 Å². The average molecular weight is 229 g/mol. The van der Waals surface area contributed by atoms with E-state index in [9.17, 15) is 5.11 Å². The van der Waals surface area contributed by atoms with Crippen LogP contribution >= 0.6 is 0 Å². The normalized spacial score (nSPS) is 36.4. The van der Waals surface area contributed by atoms with Gasteiger partial charge < -0.3 is 20.5 Å². The van der Waals surface area contributed by atoms with Crippen LogP contribution in [-0.4, -0.2) is 73.1 Å². The van der Waals surface area contributed by atoms with E-state index < -0.39 is 0 Å². The summed E-state index contributed by atoms with van der Waals surface area (Å²) >= 11 is 0. The standard InChI is InChI=1S/C11H23N3O2/c1-13(9-4-11(15)5-9)6-10-7-16-3-2-14(10)8-12/h9-11,15H,2-8,12H2,1H3/t9?,10-,11?/m0/s1. The van der Waals surface area contributed by atoms with Gasteiger partial charge in [-0.3, -0.25) is 4.90 Å². The summed E-state index contributed by atoms with van der Waals surface area (Å²) in [4.78, 5) is 4.60. The minimum atomic E-state index is -0.0827. The maximum atomic E-state index is 9.29. The van der Waals surface area contributed by atoms with Crippen LogP contribution in [-0.2, 0) is 4.74 Å². The first-order valence-electron chi connectivity index (χ1n) is 6.11. The number of rotatable bonds is 4. The number of aliphatic hydroxyl groups excluding tert-OH is 1. The monoisotopic (exact) mass is 229 g/mol. The van der Waals surface area contributed by atoms with Crippen molar-refractivity contribution in [3.05, 3.63) is 0 Å². The molecule has 2 aliphatic rings. The van der Waals surface area contributed by atoms with Gasteiger partial charge in [0.2, 0.25) is 0 Å². The van der Waals surface area contributed by atoms with E-state index in [0.717, 1.165) is 39.1 Å². The number of morpholine rings is 1. The molecule has 0 aromatic heterocycles. The zero-order valence-electron chi connectivity index (χ0n) is 10.0. The van der Waals surface area contributed by atoms with Crippen molar-refractivity contribution in [1.82, 2.24) is 9.80 Å². The van der Waals surface area contributed by atoms with Crippen molar-refractivity contribution in [2.45, 2.75) is 31.0 Å². The van der Waals surface area contributed by atoms with Gasteiger partial charge >= 0.3 is 0 Å². The summed E-state index contributed by atoms with van der Waals surface area (Å²) in [5, 5.41) is 9.29. The molecule has 1 atom stereocenters. The van der Waals surface area contributed by atoms with Gasteiger partial charge in [0.1, 0.15) is 0 Å². The van der Waals surface area contributed by atoms with E-state index in [1.807, 2.05) is 0 Å². The Kier molecular flexibility index (Phi) is 4.16. The van der Waals surface area contributed by atoms with Crippen molar-refractivity contribution in [3.8, 4) is 0 Å². The molecule has 2 fully saturated rings. The largest absolute Gasteiger partial charge is 0.393 e. The first kappa shape index (κ1) is 12.3. The van der Waals surface area contributed by atoms with Crippen molar-refractivity contribution >= 4 is 0 Å². The highest BCUT2D eigenvalue weighted by atomic mass is 16.5. The maximum absolute atomic E-state index is 9.29. The molecule has 1 heterocycles. The minimum absolute atomic E-state index is 0.0827. The number of hydrogen-bond donors (Lipinski definition) is 2. The molecule has 0 unspecified atom stereocenters. The molecule has 0 aromatic rings. The third-order valence-electron chi connectivity index (χ3n) is 3.79. The predicted octanol–water partition coefficient (Wildman–Crippen LogP) is -0.941. The van der Waals surface area contributed by atoms with Crippen molar-refractivity contribution < 1.29 is 9.84 Å². The molecule has 5 heteroatoms. The summed E-state index contributed by atoms with van der Waals surface area (Å²) in [6.07, 6.45) is 1.74. The van der Waals surface area contributed by atoms with E-state index in [1.165, 1.54) is 0 Å². The Hall–Kier alpha value is -0.200. The average Bonchev–Trinajstić information content (AvgIpc) is 2.25. The van der Waals surface area contributed by atoms with Gasteiger partial charge in [-0.2, -0.15) is 0 Å². The first-order chi connectivity index (χ1) is 7.70. The topological polar surface area (TPSA) is 62.0 Å². The minimum Gasteiger partial charge on any atom is -0.393 e. The van der Waals surface area contributed by atoms with E-state index in [0.29, 0.717) is 18.8 Å². The molecule has 16 heavy (non-hydrogen) atoms. The van der Waals surface area contributed by atoms with E-state index in [2.05, 4.69) is 16.8 Å². The highest BCUT2D eigenvalue weighted by Crippen LogP contribution is 2.25. The molecule has 1 saturated carbocycles. The van der Waals surface area contributed by atoms with Crippen LogP contribution in [0, 0.1) is 0 Å². The van der Waals surface area contributed by atoms with Crippen molar-refractivity contribution in [2.75, 3.05) is 40.0 Å². The van der Waals surface area contributed by atoms with Crippen LogP contribution in [0.2, 0.25) is 0 Å². The molecule has 0 amide bonds. The van der Waals surface area contributed by atoms with Crippen molar-refractivity contribution in [3.63, 3.8) is 0 Å². The summed E-state index contributed by atoms with van der Waals surface area (Å²) in [7, 11) is 2.12. The zero-order valence-corrected chi connectivity index (χ0v) is 10.0. The molecule has 1 saturated heterocycles. The second-order valence-electron chi connectivity index (χ2n) is 4.94. The smallest absolute Gasteiger partial charge is 0.0635 e. The highest BCUT2D eigenvalue weighted by molar-refractivity contribution is 4.88. The van der Waals surface area contributed by atoms with Crippen LogP contribution in [0.5, 0.6) is 0 Å². The maximum Gasteiger partial charge on any atom is 0.0635 e. The number of likely N-dealkylation sites (N-methyl/N-ethyl adjacent to an activating group) is 1. The van der Waals surface area contributed by atoms with Gasteiger partial charge in [0.25, 0.3) is 0 Å². The molecule has 3 N–H and O–H groups in total. The third-order valence-corrected chi connectivity index (χ3v) is 3.79. The van der Waals surface area contributed by atoms with Crippen LogP contribution < -0.4 is 5.73 Å². The molecular weight excluding hydrogens is 206 g/mol. The number of aliphatic hydroxyl groups is 1. The van der Waals surface area contributed by atoms with Crippen molar-refractivity contribution in [2.24, 2.45) is 5.73 Å².